The van der Waals surface area contributed by atoms with E-state index >= 15 is 0 Å². The number of amides is 1. The standard InChI is InChI=1S/C7H13NO2.C7H15NO.2CH4/c1-5(2)6-3-10-4-7(9)8-6;1-6(2)7-5-9-4-3-8-7;;/h5-6H,3-4H2,1-2H3,(H,8,9);6-8H,3-5H2,1-2H3;2*1H4. The van der Waals surface area contributed by atoms with Crippen LogP contribution in [0.25, 0.3) is 0 Å². The Hall–Kier alpha value is -0.650. The van der Waals surface area contributed by atoms with Crippen molar-refractivity contribution >= 4 is 5.91 Å². The Morgan fingerprint density at radius 3 is 1.90 bits per heavy atom. The molecule has 0 radical (unpaired) electrons. The SMILES string of the molecule is C.C.CC(C)C1COCC(=O)N1.CC(C)C1COCCN1. The molecule has 2 aliphatic rings. The fourth-order valence-corrected chi connectivity index (χ4v) is 1.94. The summed E-state index contributed by atoms with van der Waals surface area (Å²) in [6.45, 7) is 12.2. The van der Waals surface area contributed by atoms with Crippen LogP contribution in [0.2, 0.25) is 0 Å². The van der Waals surface area contributed by atoms with Gasteiger partial charge in [-0.15, -0.1) is 0 Å². The monoisotopic (exact) mass is 304 g/mol. The molecule has 2 rings (SSSR count). The molecule has 2 atom stereocenters. The molecule has 128 valence electrons. The number of hydrogen-bond donors (Lipinski definition) is 2. The lowest BCUT2D eigenvalue weighted by Crippen LogP contribution is -2.48. The van der Waals surface area contributed by atoms with E-state index in [0.29, 0.717) is 24.5 Å². The molecule has 0 bridgehead atoms. The number of nitrogens with one attached hydrogen (secondary N) is 2. The van der Waals surface area contributed by atoms with Crippen LogP contribution in [-0.2, 0) is 14.3 Å². The second kappa shape index (κ2) is 12.0. The van der Waals surface area contributed by atoms with E-state index < -0.39 is 0 Å². The van der Waals surface area contributed by atoms with Crippen LogP contribution in [0.1, 0.15) is 42.5 Å². The number of rotatable bonds is 2. The van der Waals surface area contributed by atoms with Gasteiger partial charge in [0.1, 0.15) is 6.61 Å². The molecule has 0 saturated carbocycles. The Morgan fingerprint density at radius 1 is 1.00 bits per heavy atom. The Bertz CT molecular complexity index is 264. The molecule has 0 aliphatic carbocycles. The molecule has 5 heteroatoms. The van der Waals surface area contributed by atoms with Crippen molar-refractivity contribution in [3.8, 4) is 0 Å². The summed E-state index contributed by atoms with van der Waals surface area (Å²) in [6.07, 6.45) is 0. The number of ether oxygens (including phenoxy) is 2. The van der Waals surface area contributed by atoms with Crippen LogP contribution >= 0.6 is 0 Å². The van der Waals surface area contributed by atoms with Gasteiger partial charge in [-0.1, -0.05) is 42.5 Å². The molecular formula is C16H36N2O3. The highest BCUT2D eigenvalue weighted by atomic mass is 16.5. The first-order valence-electron chi connectivity index (χ1n) is 7.19. The van der Waals surface area contributed by atoms with Crippen molar-refractivity contribution < 1.29 is 14.3 Å². The normalized spacial score (nSPS) is 25.1. The smallest absolute Gasteiger partial charge is 0.246 e. The summed E-state index contributed by atoms with van der Waals surface area (Å²) < 4.78 is 10.3. The van der Waals surface area contributed by atoms with E-state index in [9.17, 15) is 4.79 Å². The first-order chi connectivity index (χ1) is 9.00. The summed E-state index contributed by atoms with van der Waals surface area (Å²) in [7, 11) is 0. The average Bonchev–Trinajstić information content (AvgIpc) is 2.40. The van der Waals surface area contributed by atoms with E-state index in [0.717, 1.165) is 19.8 Å². The van der Waals surface area contributed by atoms with E-state index in [1.54, 1.807) is 0 Å². The maximum absolute atomic E-state index is 10.7. The molecule has 2 heterocycles. The fraction of sp³-hybridized carbons (Fsp3) is 0.938. The van der Waals surface area contributed by atoms with Crippen LogP contribution in [0.4, 0.5) is 0 Å². The number of carbonyl (C=O) groups is 1. The molecule has 0 aromatic carbocycles. The predicted octanol–water partition coefficient (Wildman–Crippen LogP) is 2.06. The van der Waals surface area contributed by atoms with Crippen molar-refractivity contribution in [1.29, 1.82) is 0 Å². The third-order valence-electron chi connectivity index (χ3n) is 3.44. The molecule has 2 saturated heterocycles. The summed E-state index contributed by atoms with van der Waals surface area (Å²) in [5.74, 6) is 1.17. The maximum Gasteiger partial charge on any atom is 0.246 e. The minimum absolute atomic E-state index is 0. The van der Waals surface area contributed by atoms with Gasteiger partial charge in [-0.2, -0.15) is 0 Å². The third-order valence-corrected chi connectivity index (χ3v) is 3.44. The van der Waals surface area contributed by atoms with Crippen LogP contribution < -0.4 is 10.6 Å². The van der Waals surface area contributed by atoms with E-state index in [4.69, 9.17) is 9.47 Å². The largest absolute Gasteiger partial charge is 0.379 e. The highest BCUT2D eigenvalue weighted by Gasteiger charge is 2.20. The van der Waals surface area contributed by atoms with Gasteiger partial charge in [0.15, 0.2) is 0 Å². The van der Waals surface area contributed by atoms with Crippen LogP contribution in [0.15, 0.2) is 0 Å². The first-order valence-corrected chi connectivity index (χ1v) is 7.19. The first kappa shape index (κ1) is 22.6. The summed E-state index contributed by atoms with van der Waals surface area (Å²) in [6, 6.07) is 0.792. The van der Waals surface area contributed by atoms with Gasteiger partial charge in [-0.05, 0) is 11.8 Å². The topological polar surface area (TPSA) is 59.6 Å². The maximum atomic E-state index is 10.7. The van der Waals surface area contributed by atoms with Gasteiger partial charge in [0.05, 0.1) is 25.9 Å². The summed E-state index contributed by atoms with van der Waals surface area (Å²) in [5.41, 5.74) is 0. The number of morpholine rings is 2. The molecule has 0 aromatic heterocycles. The van der Waals surface area contributed by atoms with Gasteiger partial charge >= 0.3 is 0 Å². The van der Waals surface area contributed by atoms with Crippen LogP contribution in [-0.4, -0.2) is 51.0 Å². The minimum atomic E-state index is 0. The van der Waals surface area contributed by atoms with Crippen molar-refractivity contribution in [2.75, 3.05) is 33.0 Å². The van der Waals surface area contributed by atoms with Crippen LogP contribution in [0.3, 0.4) is 0 Å². The number of hydrogen-bond acceptors (Lipinski definition) is 4. The second-order valence-corrected chi connectivity index (χ2v) is 5.81. The summed E-state index contributed by atoms with van der Waals surface area (Å²) in [4.78, 5) is 10.7. The second-order valence-electron chi connectivity index (χ2n) is 5.81. The van der Waals surface area contributed by atoms with Crippen molar-refractivity contribution in [1.82, 2.24) is 10.6 Å². The van der Waals surface area contributed by atoms with Gasteiger partial charge in [-0.25, -0.2) is 0 Å². The molecule has 2 aliphatic heterocycles. The van der Waals surface area contributed by atoms with Crippen molar-refractivity contribution in [3.63, 3.8) is 0 Å². The molecular weight excluding hydrogens is 268 g/mol. The van der Waals surface area contributed by atoms with E-state index in [1.165, 1.54) is 0 Å². The van der Waals surface area contributed by atoms with Gasteiger partial charge in [0.25, 0.3) is 0 Å². The molecule has 0 aromatic rings. The summed E-state index contributed by atoms with van der Waals surface area (Å²) >= 11 is 0. The quantitative estimate of drug-likeness (QED) is 0.820. The van der Waals surface area contributed by atoms with Gasteiger partial charge < -0.3 is 20.1 Å². The molecule has 21 heavy (non-hydrogen) atoms. The zero-order valence-corrected chi connectivity index (χ0v) is 12.6. The lowest BCUT2D eigenvalue weighted by molar-refractivity contribution is -0.132. The molecule has 5 nitrogen and oxygen atoms in total. The summed E-state index contributed by atoms with van der Waals surface area (Å²) in [5, 5.41) is 6.25. The lowest BCUT2D eigenvalue weighted by atomic mass is 10.0. The van der Waals surface area contributed by atoms with Crippen molar-refractivity contribution in [2.45, 2.75) is 54.6 Å². The highest BCUT2D eigenvalue weighted by Crippen LogP contribution is 2.05. The van der Waals surface area contributed by atoms with Gasteiger partial charge in [0.2, 0.25) is 5.91 Å². The van der Waals surface area contributed by atoms with E-state index in [1.807, 2.05) is 0 Å². The average molecular weight is 304 g/mol. The molecule has 2 unspecified atom stereocenters. The Balaban J connectivity index is 0. The predicted molar refractivity (Wildman–Crippen MR) is 88.5 cm³/mol. The van der Waals surface area contributed by atoms with Gasteiger partial charge in [0, 0.05) is 12.6 Å². The Labute approximate surface area is 131 Å². The molecule has 0 spiro atoms. The zero-order chi connectivity index (χ0) is 14.3. The lowest BCUT2D eigenvalue weighted by Gasteiger charge is -2.26. The van der Waals surface area contributed by atoms with Crippen LogP contribution in [0, 0.1) is 11.8 Å². The van der Waals surface area contributed by atoms with Crippen molar-refractivity contribution in [3.05, 3.63) is 0 Å². The minimum Gasteiger partial charge on any atom is -0.379 e. The Kier molecular flexibility index (Phi) is 12.9. The third kappa shape index (κ3) is 9.06. The highest BCUT2D eigenvalue weighted by molar-refractivity contribution is 5.78. The van der Waals surface area contributed by atoms with E-state index in [-0.39, 0.29) is 33.4 Å². The fourth-order valence-electron chi connectivity index (χ4n) is 1.94. The van der Waals surface area contributed by atoms with Crippen LogP contribution in [0.5, 0.6) is 0 Å². The number of carbonyl (C=O) groups excluding carboxylic acids is 1. The molecule has 1 amide bonds. The van der Waals surface area contributed by atoms with E-state index in [2.05, 4.69) is 38.3 Å². The van der Waals surface area contributed by atoms with Gasteiger partial charge in [-0.3, -0.25) is 4.79 Å². The zero-order valence-electron chi connectivity index (χ0n) is 12.6. The molecule has 2 N–H and O–H groups in total. The molecule has 2 fully saturated rings. The van der Waals surface area contributed by atoms with Crippen molar-refractivity contribution in [2.24, 2.45) is 11.8 Å². The Morgan fingerprint density at radius 2 is 1.57 bits per heavy atom.